The maximum atomic E-state index is 15.0. The Kier molecular flexibility index (Phi) is 11.9. The summed E-state index contributed by atoms with van der Waals surface area (Å²) >= 11 is 0. The Morgan fingerprint density at radius 1 is 0.739 bits per heavy atom. The third-order valence-corrected chi connectivity index (χ3v) is 8.26. The molecule has 0 amide bonds. The molecule has 0 spiro atoms. The molecule has 1 saturated carbocycles. The predicted molar refractivity (Wildman–Crippen MR) is 147 cm³/mol. The van der Waals surface area contributed by atoms with Crippen LogP contribution in [0, 0.1) is 29.3 Å². The van der Waals surface area contributed by atoms with Crippen molar-refractivity contribution in [3.05, 3.63) is 53.3 Å². The topological polar surface area (TPSA) is 36.9 Å². The Morgan fingerprint density at radius 3 is 1.91 bits per heavy atom. The molecule has 2 aromatic rings. The van der Waals surface area contributed by atoms with E-state index in [0.29, 0.717) is 6.07 Å². The van der Waals surface area contributed by atoms with Crippen LogP contribution in [0.15, 0.2) is 30.3 Å². The van der Waals surface area contributed by atoms with Crippen LogP contribution >= 0.6 is 0 Å². The standard InChI is InChI=1S/C32H36F10O4/c1-2-3-4-5-6-7-19-17-43-29(44-18-19)32(41,42)45-22-10-8-21(9-11-22)31(39,40)46-23-12-13-24(25(33)16-23)20-14-26(34)28(27(35)15-20)30(36,37)38/h12-16,19,21-22,29H,2-11,17-18H2,1H3. The normalized spacial score (nSPS) is 23.0. The van der Waals surface area contributed by atoms with Crippen molar-refractivity contribution in [2.75, 3.05) is 13.2 Å². The van der Waals surface area contributed by atoms with E-state index in [1.54, 1.807) is 0 Å². The molecular formula is C32H36F10O4. The van der Waals surface area contributed by atoms with Gasteiger partial charge >= 0.3 is 18.4 Å². The van der Waals surface area contributed by atoms with Crippen LogP contribution in [-0.2, 0) is 20.4 Å². The molecule has 4 rings (SSSR count). The fourth-order valence-corrected chi connectivity index (χ4v) is 5.77. The van der Waals surface area contributed by atoms with Crippen LogP contribution in [0.1, 0.15) is 76.7 Å². The summed E-state index contributed by atoms with van der Waals surface area (Å²) in [5, 5.41) is 0. The van der Waals surface area contributed by atoms with Crippen LogP contribution in [0.5, 0.6) is 5.75 Å². The maximum absolute atomic E-state index is 15.0. The number of benzene rings is 2. The second-order valence-corrected chi connectivity index (χ2v) is 11.8. The van der Waals surface area contributed by atoms with E-state index in [4.69, 9.17) is 18.9 Å². The summed E-state index contributed by atoms with van der Waals surface area (Å²) in [7, 11) is 0. The lowest BCUT2D eigenvalue weighted by Gasteiger charge is -2.37. The number of alkyl halides is 7. The van der Waals surface area contributed by atoms with Crippen molar-refractivity contribution < 1.29 is 62.9 Å². The van der Waals surface area contributed by atoms with Crippen LogP contribution in [0.2, 0.25) is 0 Å². The van der Waals surface area contributed by atoms with Crippen LogP contribution < -0.4 is 4.74 Å². The van der Waals surface area contributed by atoms with Gasteiger partial charge in [-0.2, -0.15) is 30.7 Å². The molecule has 0 aromatic heterocycles. The zero-order valence-corrected chi connectivity index (χ0v) is 25.1. The molecule has 0 atom stereocenters. The van der Waals surface area contributed by atoms with Gasteiger partial charge in [0.15, 0.2) is 0 Å². The van der Waals surface area contributed by atoms with Crippen LogP contribution in [-0.4, -0.2) is 37.8 Å². The second-order valence-electron chi connectivity index (χ2n) is 11.8. The monoisotopic (exact) mass is 674 g/mol. The van der Waals surface area contributed by atoms with Gasteiger partial charge in [0.25, 0.3) is 6.29 Å². The lowest BCUT2D eigenvalue weighted by molar-refractivity contribution is -0.391. The number of rotatable bonds is 13. The summed E-state index contributed by atoms with van der Waals surface area (Å²) in [6.45, 7) is 2.32. The first-order valence-electron chi connectivity index (χ1n) is 15.3. The largest absolute Gasteiger partial charge is 0.432 e. The number of halogens is 10. The van der Waals surface area contributed by atoms with Crippen molar-refractivity contribution in [2.45, 2.75) is 102 Å². The highest BCUT2D eigenvalue weighted by Gasteiger charge is 2.50. The molecule has 0 N–H and O–H groups in total. The molecule has 0 bridgehead atoms. The van der Waals surface area contributed by atoms with Gasteiger partial charge in [-0.05, 0) is 61.9 Å². The van der Waals surface area contributed by atoms with Gasteiger partial charge < -0.3 is 18.9 Å². The summed E-state index contributed by atoms with van der Waals surface area (Å²) in [4.78, 5) is 0. The molecule has 2 aromatic carbocycles. The SMILES string of the molecule is CCCCCCCC1COC(C(F)(F)OC2CCC(C(F)(F)Oc3ccc(-c4cc(F)c(C(F)(F)F)c(F)c4)c(F)c3)CC2)OC1. The van der Waals surface area contributed by atoms with Crippen molar-refractivity contribution in [1.82, 2.24) is 0 Å². The van der Waals surface area contributed by atoms with E-state index >= 15 is 0 Å². The van der Waals surface area contributed by atoms with Gasteiger partial charge in [-0.25, -0.2) is 13.2 Å². The van der Waals surface area contributed by atoms with Crippen LogP contribution in [0.3, 0.4) is 0 Å². The lowest BCUT2D eigenvalue weighted by atomic mass is 9.86. The van der Waals surface area contributed by atoms with E-state index < -0.39 is 76.6 Å². The fourth-order valence-electron chi connectivity index (χ4n) is 5.77. The summed E-state index contributed by atoms with van der Waals surface area (Å²) in [5.74, 6) is -7.30. The van der Waals surface area contributed by atoms with E-state index in [0.717, 1.165) is 50.7 Å². The molecule has 2 fully saturated rings. The number of unbranched alkanes of at least 4 members (excludes halogenated alkanes) is 4. The molecule has 1 aliphatic carbocycles. The molecule has 258 valence electrons. The van der Waals surface area contributed by atoms with Crippen molar-refractivity contribution in [3.63, 3.8) is 0 Å². The average molecular weight is 675 g/mol. The van der Waals surface area contributed by atoms with Crippen LogP contribution in [0.4, 0.5) is 43.9 Å². The minimum Gasteiger partial charge on any atom is -0.432 e. The molecule has 46 heavy (non-hydrogen) atoms. The van der Waals surface area contributed by atoms with Gasteiger partial charge in [0.2, 0.25) is 0 Å². The third kappa shape index (κ3) is 9.27. The summed E-state index contributed by atoms with van der Waals surface area (Å²) in [6, 6.07) is 2.77. The van der Waals surface area contributed by atoms with Gasteiger partial charge in [-0.3, -0.25) is 0 Å². The first kappa shape index (κ1) is 36.3. The molecular weight excluding hydrogens is 638 g/mol. The van der Waals surface area contributed by atoms with E-state index in [9.17, 15) is 43.9 Å². The highest BCUT2D eigenvalue weighted by atomic mass is 19.4. The number of hydrogen-bond acceptors (Lipinski definition) is 4. The van der Waals surface area contributed by atoms with E-state index in [2.05, 4.69) is 6.92 Å². The maximum Gasteiger partial charge on any atom is 0.422 e. The summed E-state index contributed by atoms with van der Waals surface area (Å²) in [6.07, 6.45) is -10.5. The van der Waals surface area contributed by atoms with Crippen molar-refractivity contribution in [3.8, 4) is 16.9 Å². The molecule has 0 unspecified atom stereocenters. The zero-order chi connectivity index (χ0) is 33.7. The van der Waals surface area contributed by atoms with Gasteiger partial charge in [0, 0.05) is 17.5 Å². The van der Waals surface area contributed by atoms with Crippen molar-refractivity contribution in [1.29, 1.82) is 0 Å². The van der Waals surface area contributed by atoms with Crippen molar-refractivity contribution >= 4 is 0 Å². The fraction of sp³-hybridized carbons (Fsp3) is 0.625. The minimum absolute atomic E-state index is 0.00633. The molecule has 4 nitrogen and oxygen atoms in total. The summed E-state index contributed by atoms with van der Waals surface area (Å²) < 4.78 is 161. The van der Waals surface area contributed by atoms with Gasteiger partial charge in [0.1, 0.15) is 28.8 Å². The number of hydrogen-bond donors (Lipinski definition) is 0. The molecule has 1 saturated heterocycles. The molecule has 1 heterocycles. The first-order valence-corrected chi connectivity index (χ1v) is 15.3. The quantitative estimate of drug-likeness (QED) is 0.157. The van der Waals surface area contributed by atoms with E-state index in [1.165, 1.54) is 0 Å². The Labute approximate surface area is 260 Å². The van der Waals surface area contributed by atoms with Crippen LogP contribution in [0.25, 0.3) is 11.1 Å². The Hall–Kier alpha value is -2.58. The van der Waals surface area contributed by atoms with E-state index in [-0.39, 0.29) is 56.9 Å². The molecule has 1 aliphatic heterocycles. The second kappa shape index (κ2) is 15.1. The third-order valence-electron chi connectivity index (χ3n) is 8.26. The first-order chi connectivity index (χ1) is 21.6. The van der Waals surface area contributed by atoms with E-state index in [1.807, 2.05) is 0 Å². The Balaban J connectivity index is 1.27. The molecule has 14 heteroatoms. The lowest BCUT2D eigenvalue weighted by Crippen LogP contribution is -2.48. The smallest absolute Gasteiger partial charge is 0.422 e. The van der Waals surface area contributed by atoms with Gasteiger partial charge in [0.05, 0.1) is 25.2 Å². The van der Waals surface area contributed by atoms with Crippen molar-refractivity contribution in [2.24, 2.45) is 11.8 Å². The van der Waals surface area contributed by atoms with Gasteiger partial charge in [-0.1, -0.05) is 39.0 Å². The highest BCUT2D eigenvalue weighted by molar-refractivity contribution is 5.66. The highest BCUT2D eigenvalue weighted by Crippen LogP contribution is 2.42. The van der Waals surface area contributed by atoms with Gasteiger partial charge in [-0.15, -0.1) is 0 Å². The summed E-state index contributed by atoms with van der Waals surface area (Å²) in [5.41, 5.74) is -3.28. The minimum atomic E-state index is -5.32. The average Bonchev–Trinajstić information content (AvgIpc) is 2.96. The molecule has 0 radical (unpaired) electrons. The number of ether oxygens (including phenoxy) is 4. The Morgan fingerprint density at radius 2 is 1.35 bits per heavy atom. The predicted octanol–water partition coefficient (Wildman–Crippen LogP) is 10.3. The zero-order valence-electron chi connectivity index (χ0n) is 25.1. The molecule has 2 aliphatic rings. The Bertz CT molecular complexity index is 1260.